The minimum atomic E-state index is -0.438. The molecule has 0 aliphatic carbocycles. The summed E-state index contributed by atoms with van der Waals surface area (Å²) in [6, 6.07) is 6.83. The van der Waals surface area contributed by atoms with Crippen LogP contribution in [-0.4, -0.2) is 12.1 Å². The Morgan fingerprint density at radius 2 is 1.88 bits per heavy atom. The third-order valence-corrected chi connectivity index (χ3v) is 2.30. The minimum Gasteiger partial charge on any atom is -0.459 e. The highest BCUT2D eigenvalue weighted by atomic mass is 35.5. The molecule has 0 aliphatic heterocycles. The average molecular weight is 259 g/mol. The van der Waals surface area contributed by atoms with E-state index in [1.54, 1.807) is 38.1 Å². The number of esters is 1. The first-order chi connectivity index (χ1) is 7.54. The van der Waals surface area contributed by atoms with Crippen LogP contribution in [0.5, 0.6) is 0 Å². The molecule has 4 heteroatoms. The van der Waals surface area contributed by atoms with Crippen LogP contribution in [-0.2, 0) is 9.53 Å². The van der Waals surface area contributed by atoms with Gasteiger partial charge in [-0.15, -0.1) is 0 Å². The van der Waals surface area contributed by atoms with Crippen molar-refractivity contribution in [1.82, 2.24) is 0 Å². The second kappa shape index (κ2) is 5.92. The fraction of sp³-hybridized carbons (Fsp3) is 0.250. The van der Waals surface area contributed by atoms with E-state index in [-0.39, 0.29) is 6.10 Å². The Labute approximate surface area is 105 Å². The fourth-order valence-corrected chi connectivity index (χ4v) is 1.47. The van der Waals surface area contributed by atoms with Crippen LogP contribution >= 0.6 is 23.2 Å². The van der Waals surface area contributed by atoms with Gasteiger partial charge in [0.15, 0.2) is 0 Å². The van der Waals surface area contributed by atoms with Gasteiger partial charge in [0.2, 0.25) is 0 Å². The van der Waals surface area contributed by atoms with Crippen LogP contribution < -0.4 is 0 Å². The minimum absolute atomic E-state index is 0.175. The van der Waals surface area contributed by atoms with Crippen molar-refractivity contribution in [2.75, 3.05) is 0 Å². The van der Waals surface area contributed by atoms with Gasteiger partial charge in [-0.25, -0.2) is 4.79 Å². The standard InChI is InChI=1S/C12H12Cl2O2/c1-8(2)16-12(15)11(7-13)9-3-5-10(14)6-4-9/h3-8H,1-2H3. The Morgan fingerprint density at radius 1 is 1.31 bits per heavy atom. The van der Waals surface area contributed by atoms with Gasteiger partial charge in [0.1, 0.15) is 0 Å². The second-order valence-electron chi connectivity index (χ2n) is 3.48. The molecule has 0 fully saturated rings. The number of benzene rings is 1. The lowest BCUT2D eigenvalue weighted by molar-refractivity contribution is -0.140. The summed E-state index contributed by atoms with van der Waals surface area (Å²) < 4.78 is 5.06. The van der Waals surface area contributed by atoms with Crippen LogP contribution in [0.4, 0.5) is 0 Å². The molecule has 0 unspecified atom stereocenters. The molecule has 0 N–H and O–H groups in total. The summed E-state index contributed by atoms with van der Waals surface area (Å²) in [4.78, 5) is 11.7. The Kier molecular flexibility index (Phi) is 4.84. The first kappa shape index (κ1) is 13.1. The zero-order chi connectivity index (χ0) is 12.1. The smallest absolute Gasteiger partial charge is 0.339 e. The van der Waals surface area contributed by atoms with Gasteiger partial charge < -0.3 is 4.74 Å². The van der Waals surface area contributed by atoms with E-state index in [9.17, 15) is 4.79 Å². The van der Waals surface area contributed by atoms with Crippen molar-refractivity contribution < 1.29 is 9.53 Å². The highest BCUT2D eigenvalue weighted by molar-refractivity contribution is 6.34. The maximum Gasteiger partial charge on any atom is 0.339 e. The normalized spacial score (nSPS) is 11.7. The second-order valence-corrected chi connectivity index (χ2v) is 4.14. The van der Waals surface area contributed by atoms with Gasteiger partial charge in [0.25, 0.3) is 0 Å². The molecule has 86 valence electrons. The fourth-order valence-electron chi connectivity index (χ4n) is 1.13. The Balaban J connectivity index is 2.91. The molecule has 1 aromatic rings. The largest absolute Gasteiger partial charge is 0.459 e. The van der Waals surface area contributed by atoms with E-state index < -0.39 is 5.97 Å². The number of carbonyl (C=O) groups excluding carboxylic acids is 1. The molecule has 0 aromatic heterocycles. The van der Waals surface area contributed by atoms with Gasteiger partial charge in [-0.3, -0.25) is 0 Å². The van der Waals surface area contributed by atoms with Crippen LogP contribution in [0.25, 0.3) is 5.57 Å². The molecule has 0 atom stereocenters. The maximum atomic E-state index is 11.7. The highest BCUT2D eigenvalue weighted by Gasteiger charge is 2.14. The molecule has 0 heterocycles. The summed E-state index contributed by atoms with van der Waals surface area (Å²) >= 11 is 11.4. The van der Waals surface area contributed by atoms with E-state index in [1.807, 2.05) is 0 Å². The summed E-state index contributed by atoms with van der Waals surface area (Å²) in [5.74, 6) is -0.438. The Hall–Kier alpha value is -0.990. The van der Waals surface area contributed by atoms with E-state index in [2.05, 4.69) is 0 Å². The molecule has 1 aromatic carbocycles. The molecule has 16 heavy (non-hydrogen) atoms. The number of halogens is 2. The van der Waals surface area contributed by atoms with Gasteiger partial charge in [-0.05, 0) is 31.5 Å². The van der Waals surface area contributed by atoms with Crippen molar-refractivity contribution in [2.24, 2.45) is 0 Å². The number of rotatable bonds is 3. The molecule has 0 aliphatic rings. The van der Waals surface area contributed by atoms with Crippen molar-refractivity contribution in [1.29, 1.82) is 0 Å². The lowest BCUT2D eigenvalue weighted by Gasteiger charge is -2.10. The predicted molar refractivity (Wildman–Crippen MR) is 66.5 cm³/mol. The summed E-state index contributed by atoms with van der Waals surface area (Å²) in [5, 5.41) is 0.606. The highest BCUT2D eigenvalue weighted by Crippen LogP contribution is 2.20. The van der Waals surface area contributed by atoms with Gasteiger partial charge in [0, 0.05) is 10.6 Å². The monoisotopic (exact) mass is 258 g/mol. The average Bonchev–Trinajstić information content (AvgIpc) is 2.21. The van der Waals surface area contributed by atoms with E-state index in [0.717, 1.165) is 0 Å². The van der Waals surface area contributed by atoms with Crippen LogP contribution in [0.3, 0.4) is 0 Å². The zero-order valence-electron chi connectivity index (χ0n) is 9.04. The van der Waals surface area contributed by atoms with E-state index in [1.165, 1.54) is 5.54 Å². The molecule has 1 rings (SSSR count). The zero-order valence-corrected chi connectivity index (χ0v) is 10.5. The molecule has 0 saturated carbocycles. The maximum absolute atomic E-state index is 11.7. The topological polar surface area (TPSA) is 26.3 Å². The molecule has 2 nitrogen and oxygen atoms in total. The molecule has 0 spiro atoms. The SMILES string of the molecule is CC(C)OC(=O)C(=CCl)c1ccc(Cl)cc1. The third kappa shape index (κ3) is 3.54. The van der Waals surface area contributed by atoms with Gasteiger partial charge >= 0.3 is 5.97 Å². The Bertz CT molecular complexity index is 394. The van der Waals surface area contributed by atoms with Gasteiger partial charge in [-0.1, -0.05) is 35.3 Å². The van der Waals surface area contributed by atoms with Crippen molar-refractivity contribution in [3.8, 4) is 0 Å². The molecular formula is C12H12Cl2O2. The molecule has 0 bridgehead atoms. The first-order valence-corrected chi connectivity index (χ1v) is 5.63. The molecular weight excluding hydrogens is 247 g/mol. The lowest BCUT2D eigenvalue weighted by Crippen LogP contribution is -2.12. The molecule has 0 amide bonds. The number of hydrogen-bond donors (Lipinski definition) is 0. The number of ether oxygens (including phenoxy) is 1. The van der Waals surface area contributed by atoms with Crippen LogP contribution in [0.1, 0.15) is 19.4 Å². The summed E-state index contributed by atoms with van der Waals surface area (Å²) in [6.07, 6.45) is -0.175. The number of carbonyl (C=O) groups is 1. The quantitative estimate of drug-likeness (QED) is 0.608. The van der Waals surface area contributed by atoms with E-state index in [0.29, 0.717) is 16.2 Å². The van der Waals surface area contributed by atoms with Crippen LogP contribution in [0, 0.1) is 0 Å². The van der Waals surface area contributed by atoms with Crippen molar-refractivity contribution >= 4 is 34.7 Å². The van der Waals surface area contributed by atoms with Crippen LogP contribution in [0.15, 0.2) is 29.8 Å². The third-order valence-electron chi connectivity index (χ3n) is 1.83. The lowest BCUT2D eigenvalue weighted by atomic mass is 10.1. The summed E-state index contributed by atoms with van der Waals surface area (Å²) in [5.41, 5.74) is 2.23. The van der Waals surface area contributed by atoms with Crippen molar-refractivity contribution in [3.05, 3.63) is 40.4 Å². The summed E-state index contributed by atoms with van der Waals surface area (Å²) in [6.45, 7) is 3.57. The first-order valence-electron chi connectivity index (χ1n) is 4.82. The van der Waals surface area contributed by atoms with Gasteiger partial charge in [0.05, 0.1) is 11.7 Å². The predicted octanol–water partition coefficient (Wildman–Crippen LogP) is 3.87. The van der Waals surface area contributed by atoms with Crippen molar-refractivity contribution in [2.45, 2.75) is 20.0 Å². The van der Waals surface area contributed by atoms with Crippen LogP contribution in [0.2, 0.25) is 5.02 Å². The van der Waals surface area contributed by atoms with Crippen molar-refractivity contribution in [3.63, 3.8) is 0 Å². The summed E-state index contributed by atoms with van der Waals surface area (Å²) in [7, 11) is 0. The Morgan fingerprint density at radius 3 is 2.31 bits per heavy atom. The molecule has 0 radical (unpaired) electrons. The van der Waals surface area contributed by atoms with Gasteiger partial charge in [-0.2, -0.15) is 0 Å². The van der Waals surface area contributed by atoms with E-state index in [4.69, 9.17) is 27.9 Å². The van der Waals surface area contributed by atoms with E-state index >= 15 is 0 Å². The molecule has 0 saturated heterocycles. The number of hydrogen-bond acceptors (Lipinski definition) is 2.